The molecule has 4 rings (SSSR count). The van der Waals surface area contributed by atoms with Crippen LogP contribution in [0, 0.1) is 0 Å². The van der Waals surface area contributed by atoms with Gasteiger partial charge in [-0.15, -0.1) is 0 Å². The molecule has 35 heavy (non-hydrogen) atoms. The lowest BCUT2D eigenvalue weighted by Crippen LogP contribution is -2.41. The number of rotatable bonds is 7. The van der Waals surface area contributed by atoms with Gasteiger partial charge in [-0.2, -0.15) is 5.10 Å². The molecule has 10 heteroatoms. The summed E-state index contributed by atoms with van der Waals surface area (Å²) in [6, 6.07) is 14.7. The molecule has 2 aromatic carbocycles. The zero-order chi connectivity index (χ0) is 25.2. The van der Waals surface area contributed by atoms with Crippen LogP contribution in [0.25, 0.3) is 17.0 Å². The number of carbonyl (C=O) groups excluding carboxylic acids is 1. The molecule has 1 aromatic heterocycles. The highest BCUT2D eigenvalue weighted by molar-refractivity contribution is 6.56. The van der Waals surface area contributed by atoms with Gasteiger partial charge < -0.3 is 24.5 Å². The Balaban J connectivity index is 1.56. The Labute approximate surface area is 203 Å². The number of amides is 1. The Morgan fingerprint density at radius 3 is 2.46 bits per heavy atom. The van der Waals surface area contributed by atoms with E-state index in [-0.39, 0.29) is 18.8 Å². The van der Waals surface area contributed by atoms with E-state index in [1.165, 1.54) is 0 Å². The van der Waals surface area contributed by atoms with Crippen LogP contribution in [0.15, 0.2) is 54.0 Å². The Bertz CT molecular complexity index is 1250. The average molecular weight is 477 g/mol. The van der Waals surface area contributed by atoms with Gasteiger partial charge in [0.2, 0.25) is 0 Å². The van der Waals surface area contributed by atoms with Crippen LogP contribution in [-0.4, -0.2) is 52.2 Å². The normalized spacial score (nSPS) is 16.9. The van der Waals surface area contributed by atoms with E-state index < -0.39 is 30.4 Å². The van der Waals surface area contributed by atoms with Crippen molar-refractivity contribution in [2.75, 3.05) is 6.54 Å². The van der Waals surface area contributed by atoms with Crippen LogP contribution in [0.2, 0.25) is 0 Å². The maximum Gasteiger partial charge on any atom is 0.492 e. The second-order valence-corrected chi connectivity index (χ2v) is 9.41. The molecule has 1 fully saturated rings. The van der Waals surface area contributed by atoms with Gasteiger partial charge in [0.05, 0.1) is 16.7 Å². The predicted octanol–water partition coefficient (Wildman–Crippen LogP) is 4.20. The van der Waals surface area contributed by atoms with Crippen LogP contribution < -0.4 is 5.32 Å². The molecule has 1 saturated heterocycles. The van der Waals surface area contributed by atoms with Gasteiger partial charge in [0, 0.05) is 11.9 Å². The van der Waals surface area contributed by atoms with Crippen LogP contribution in [0.1, 0.15) is 49.3 Å². The zero-order valence-electron chi connectivity index (χ0n) is 20.1. The third kappa shape index (κ3) is 5.39. The lowest BCUT2D eigenvalue weighted by atomic mass is 9.77. The molecule has 0 unspecified atom stereocenters. The number of carboxylic acids is 1. The van der Waals surface area contributed by atoms with E-state index in [0.717, 1.165) is 5.56 Å². The van der Waals surface area contributed by atoms with Crippen LogP contribution >= 0.6 is 0 Å². The van der Waals surface area contributed by atoms with Crippen molar-refractivity contribution in [3.63, 3.8) is 0 Å². The molecule has 3 aromatic rings. The van der Waals surface area contributed by atoms with Crippen LogP contribution in [-0.2, 0) is 20.7 Å². The minimum absolute atomic E-state index is 0.0601. The molecular weight excluding hydrogens is 449 g/mol. The summed E-state index contributed by atoms with van der Waals surface area (Å²) < 4.78 is 17.7. The molecule has 1 aliphatic heterocycles. The number of hydrogen-bond donors (Lipinski definition) is 3. The summed E-state index contributed by atoms with van der Waals surface area (Å²) in [7, 11) is -0.714. The largest absolute Gasteiger partial charge is 0.492 e. The Morgan fingerprint density at radius 1 is 1.11 bits per heavy atom. The summed E-state index contributed by atoms with van der Waals surface area (Å²) in [6.07, 6.45) is 1.24. The number of aromatic nitrogens is 2. The topological polar surface area (TPSA) is 123 Å². The van der Waals surface area contributed by atoms with Crippen molar-refractivity contribution in [1.29, 1.82) is 0 Å². The summed E-state index contributed by atoms with van der Waals surface area (Å²) >= 11 is 0. The minimum Gasteiger partial charge on any atom is -0.476 e. The fourth-order valence-electron chi connectivity index (χ4n) is 3.64. The number of fused-ring (bicyclic) bond motifs is 1. The molecule has 9 nitrogen and oxygen atoms in total. The molecule has 1 amide bonds. The number of ether oxygens (including phenoxy) is 1. The van der Waals surface area contributed by atoms with Gasteiger partial charge >= 0.3 is 19.2 Å². The maximum absolute atomic E-state index is 12.4. The fourth-order valence-corrected chi connectivity index (χ4v) is 3.64. The number of hydrogen-bond acceptors (Lipinski definition) is 6. The highest BCUT2D eigenvalue weighted by Crippen LogP contribution is 2.38. The average Bonchev–Trinajstić information content (AvgIpc) is 3.32. The molecule has 0 aliphatic carbocycles. The van der Waals surface area contributed by atoms with E-state index in [0.29, 0.717) is 21.9 Å². The third-order valence-electron chi connectivity index (χ3n) is 6.35. The molecule has 0 bridgehead atoms. The van der Waals surface area contributed by atoms with Gasteiger partial charge in [-0.25, -0.2) is 9.59 Å². The number of benzene rings is 2. The van der Waals surface area contributed by atoms with Crippen LogP contribution in [0.3, 0.4) is 0 Å². The smallest absolute Gasteiger partial charge is 0.476 e. The van der Waals surface area contributed by atoms with Crippen molar-refractivity contribution >= 4 is 36.2 Å². The first-order valence-electron chi connectivity index (χ1n) is 11.3. The van der Waals surface area contributed by atoms with Gasteiger partial charge in [-0.3, -0.25) is 5.10 Å². The number of alkyl carbamates (subject to hydrolysis) is 1. The first kappa shape index (κ1) is 24.5. The minimum atomic E-state index is -1.12. The van der Waals surface area contributed by atoms with Crippen molar-refractivity contribution in [3.05, 3.63) is 70.8 Å². The van der Waals surface area contributed by atoms with E-state index in [9.17, 15) is 14.7 Å². The number of nitrogens with zero attached hydrogens (tertiary/aromatic N) is 1. The second-order valence-electron chi connectivity index (χ2n) is 9.41. The van der Waals surface area contributed by atoms with Crippen molar-refractivity contribution in [1.82, 2.24) is 15.5 Å². The van der Waals surface area contributed by atoms with E-state index in [1.807, 2.05) is 70.2 Å². The van der Waals surface area contributed by atoms with Crippen LogP contribution in [0.4, 0.5) is 4.79 Å². The Hall–Kier alpha value is -3.63. The molecule has 0 spiro atoms. The lowest BCUT2D eigenvalue weighted by Gasteiger charge is -2.32. The Morgan fingerprint density at radius 2 is 1.80 bits per heavy atom. The second kappa shape index (κ2) is 9.55. The van der Waals surface area contributed by atoms with Gasteiger partial charge in [0.1, 0.15) is 6.61 Å². The van der Waals surface area contributed by atoms with Gasteiger partial charge in [-0.05, 0) is 56.4 Å². The number of carboxylic acid groups (broad SMARTS) is 1. The highest BCUT2D eigenvalue weighted by Gasteiger charge is 2.52. The maximum atomic E-state index is 12.4. The highest BCUT2D eigenvalue weighted by atomic mass is 16.7. The molecule has 0 radical (unpaired) electrons. The predicted molar refractivity (Wildman–Crippen MR) is 132 cm³/mol. The molecule has 0 saturated carbocycles. The molecule has 0 atom stereocenters. The van der Waals surface area contributed by atoms with Gasteiger partial charge in [0.25, 0.3) is 0 Å². The number of carbonyl (C=O) groups is 2. The quantitative estimate of drug-likeness (QED) is 0.436. The summed E-state index contributed by atoms with van der Waals surface area (Å²) in [5.74, 6) is -1.12. The number of nitrogens with one attached hydrogen (secondary N) is 2. The molecule has 2 heterocycles. The zero-order valence-corrected chi connectivity index (χ0v) is 20.1. The number of aromatic amines is 1. The van der Waals surface area contributed by atoms with Crippen molar-refractivity contribution in [2.24, 2.45) is 0 Å². The van der Waals surface area contributed by atoms with Crippen LogP contribution in [0.5, 0.6) is 0 Å². The van der Waals surface area contributed by atoms with Gasteiger partial charge in [-0.1, -0.05) is 42.5 Å². The summed E-state index contributed by atoms with van der Waals surface area (Å²) in [5, 5.41) is 19.2. The Kier molecular flexibility index (Phi) is 6.69. The van der Waals surface area contributed by atoms with E-state index in [2.05, 4.69) is 15.5 Å². The first-order valence-corrected chi connectivity index (χ1v) is 11.3. The molecule has 1 aliphatic rings. The van der Waals surface area contributed by atoms with Crippen molar-refractivity contribution < 1.29 is 28.7 Å². The SMILES string of the molecule is CC1(C)OB(C(=Cc2ccc3[nH]nc(C(=O)O)c3c2)CNC(=O)OCc2ccccc2)OC1(C)C. The van der Waals surface area contributed by atoms with Crippen molar-refractivity contribution in [2.45, 2.75) is 45.5 Å². The summed E-state index contributed by atoms with van der Waals surface area (Å²) in [5.41, 5.74) is 1.65. The van der Waals surface area contributed by atoms with Gasteiger partial charge in [0.15, 0.2) is 5.69 Å². The third-order valence-corrected chi connectivity index (χ3v) is 6.35. The molecule has 182 valence electrons. The van der Waals surface area contributed by atoms with E-state index in [1.54, 1.807) is 12.1 Å². The summed E-state index contributed by atoms with van der Waals surface area (Å²) in [6.45, 7) is 8.05. The van der Waals surface area contributed by atoms with E-state index in [4.69, 9.17) is 14.0 Å². The lowest BCUT2D eigenvalue weighted by molar-refractivity contribution is 0.00578. The summed E-state index contributed by atoms with van der Waals surface area (Å²) in [4.78, 5) is 23.9. The monoisotopic (exact) mass is 477 g/mol. The standard InChI is InChI=1S/C25H28BN3O6/c1-24(2)25(3,4)35-26(34-24)18(14-27-23(32)33-15-16-8-6-5-7-9-16)12-17-10-11-20-19(13-17)21(22(30)31)29-28-20/h5-13H,14-15H2,1-4H3,(H,27,32)(H,28,29)(H,30,31). The molecule has 3 N–H and O–H groups in total. The number of aromatic carboxylic acids is 1. The first-order chi connectivity index (χ1) is 16.6. The van der Waals surface area contributed by atoms with E-state index >= 15 is 0 Å². The number of H-pyrrole nitrogens is 1. The van der Waals surface area contributed by atoms with Crippen molar-refractivity contribution in [3.8, 4) is 0 Å². The fraction of sp³-hybridized carbons (Fsp3) is 0.320. The molecular formula is C25H28BN3O6.